The zero-order valence-corrected chi connectivity index (χ0v) is 15.3. The number of benzene rings is 3. The Bertz CT molecular complexity index is 991. The third kappa shape index (κ3) is 4.92. The fraction of sp³-hybridized carbons (Fsp3) is 0.0870. The van der Waals surface area contributed by atoms with Crippen molar-refractivity contribution >= 4 is 17.5 Å². The molecule has 0 unspecified atom stereocenters. The van der Waals surface area contributed by atoms with Crippen molar-refractivity contribution in [1.29, 1.82) is 0 Å². The van der Waals surface area contributed by atoms with Gasteiger partial charge in [-0.15, -0.1) is 0 Å². The van der Waals surface area contributed by atoms with Crippen LogP contribution >= 0.6 is 0 Å². The highest BCUT2D eigenvalue weighted by molar-refractivity contribution is 6.09. The van der Waals surface area contributed by atoms with Crippen molar-refractivity contribution < 1.29 is 23.9 Å². The van der Waals surface area contributed by atoms with E-state index in [4.69, 9.17) is 9.47 Å². The molecule has 0 saturated heterocycles. The van der Waals surface area contributed by atoms with Crippen LogP contribution in [0, 0.1) is 0 Å². The van der Waals surface area contributed by atoms with E-state index in [1.165, 1.54) is 13.0 Å². The molecule has 0 fully saturated rings. The molecular formula is C23H18O5. The first kappa shape index (κ1) is 19.0. The molecular weight excluding hydrogens is 356 g/mol. The number of carbonyl (C=O) groups is 3. The average molecular weight is 374 g/mol. The maximum absolute atomic E-state index is 12.4. The molecule has 0 saturated carbocycles. The van der Waals surface area contributed by atoms with Crippen LogP contribution in [0.5, 0.6) is 11.5 Å². The van der Waals surface area contributed by atoms with Crippen LogP contribution in [0.2, 0.25) is 0 Å². The van der Waals surface area contributed by atoms with Gasteiger partial charge in [0.15, 0.2) is 18.2 Å². The predicted octanol–water partition coefficient (Wildman–Crippen LogP) is 4.10. The number of rotatable bonds is 7. The first-order valence-corrected chi connectivity index (χ1v) is 8.67. The molecule has 0 aliphatic carbocycles. The summed E-state index contributed by atoms with van der Waals surface area (Å²) >= 11 is 0. The van der Waals surface area contributed by atoms with E-state index >= 15 is 0 Å². The second-order valence-electron chi connectivity index (χ2n) is 6.07. The van der Waals surface area contributed by atoms with Crippen LogP contribution in [0.25, 0.3) is 0 Å². The topological polar surface area (TPSA) is 69.7 Å². The minimum absolute atomic E-state index is 0.0862. The Morgan fingerprint density at radius 3 is 2.04 bits per heavy atom. The van der Waals surface area contributed by atoms with E-state index in [0.29, 0.717) is 22.4 Å². The summed E-state index contributed by atoms with van der Waals surface area (Å²) in [6.07, 6.45) is 0. The van der Waals surface area contributed by atoms with Gasteiger partial charge in [0, 0.05) is 16.7 Å². The van der Waals surface area contributed by atoms with Gasteiger partial charge in [-0.1, -0.05) is 42.5 Å². The molecule has 0 atom stereocenters. The van der Waals surface area contributed by atoms with E-state index in [0.717, 1.165) is 0 Å². The second-order valence-corrected chi connectivity index (χ2v) is 6.07. The summed E-state index contributed by atoms with van der Waals surface area (Å²) in [7, 11) is 0. The lowest BCUT2D eigenvalue weighted by atomic mass is 10.0. The molecule has 0 N–H and O–H groups in total. The van der Waals surface area contributed by atoms with Crippen LogP contribution in [0.15, 0.2) is 78.9 Å². The van der Waals surface area contributed by atoms with Gasteiger partial charge in [0.1, 0.15) is 11.5 Å². The van der Waals surface area contributed by atoms with E-state index in [1.54, 1.807) is 54.6 Å². The predicted molar refractivity (Wildman–Crippen MR) is 104 cm³/mol. The molecule has 140 valence electrons. The van der Waals surface area contributed by atoms with Gasteiger partial charge in [-0.3, -0.25) is 9.59 Å². The zero-order chi connectivity index (χ0) is 19.9. The molecule has 0 radical (unpaired) electrons. The smallest absolute Gasteiger partial charge is 0.349 e. The molecule has 0 spiro atoms. The number of ether oxygens (including phenoxy) is 2. The summed E-state index contributed by atoms with van der Waals surface area (Å²) < 4.78 is 10.6. The van der Waals surface area contributed by atoms with Gasteiger partial charge in [-0.05, 0) is 43.3 Å². The van der Waals surface area contributed by atoms with E-state index in [2.05, 4.69) is 0 Å². The van der Waals surface area contributed by atoms with E-state index in [-0.39, 0.29) is 23.9 Å². The lowest BCUT2D eigenvalue weighted by Crippen LogP contribution is -2.17. The number of esters is 1. The first-order valence-electron chi connectivity index (χ1n) is 8.67. The molecule has 5 nitrogen and oxygen atoms in total. The zero-order valence-electron chi connectivity index (χ0n) is 15.3. The standard InChI is InChI=1S/C23H18O5/c1-16(24)19-8-5-9-21(14-19)28-22(25)15-27-20-12-10-18(11-13-20)23(26)17-6-3-2-4-7-17/h2-14H,15H2,1H3. The van der Waals surface area contributed by atoms with Gasteiger partial charge in [-0.25, -0.2) is 4.79 Å². The Morgan fingerprint density at radius 1 is 0.714 bits per heavy atom. The Balaban J connectivity index is 1.56. The van der Waals surface area contributed by atoms with Crippen LogP contribution < -0.4 is 9.47 Å². The van der Waals surface area contributed by atoms with E-state index in [9.17, 15) is 14.4 Å². The first-order chi connectivity index (χ1) is 13.5. The molecule has 0 heterocycles. The maximum Gasteiger partial charge on any atom is 0.349 e. The summed E-state index contributed by atoms with van der Waals surface area (Å²) in [6, 6.07) is 21.9. The van der Waals surface area contributed by atoms with Gasteiger partial charge < -0.3 is 9.47 Å². The molecule has 0 aliphatic rings. The largest absolute Gasteiger partial charge is 0.482 e. The van der Waals surface area contributed by atoms with Crippen LogP contribution in [0.3, 0.4) is 0 Å². The van der Waals surface area contributed by atoms with Crippen molar-refractivity contribution in [2.24, 2.45) is 0 Å². The number of carbonyl (C=O) groups excluding carboxylic acids is 3. The SMILES string of the molecule is CC(=O)c1cccc(OC(=O)COc2ccc(C(=O)c3ccccc3)cc2)c1. The highest BCUT2D eigenvalue weighted by Gasteiger charge is 2.10. The highest BCUT2D eigenvalue weighted by atomic mass is 16.6. The van der Waals surface area contributed by atoms with Crippen LogP contribution in [-0.2, 0) is 4.79 Å². The lowest BCUT2D eigenvalue weighted by molar-refractivity contribution is -0.136. The maximum atomic E-state index is 12.4. The summed E-state index contributed by atoms with van der Waals surface area (Å²) in [5, 5.41) is 0. The van der Waals surface area contributed by atoms with Crippen LogP contribution in [-0.4, -0.2) is 24.1 Å². The molecule has 28 heavy (non-hydrogen) atoms. The number of hydrogen-bond acceptors (Lipinski definition) is 5. The Hall–Kier alpha value is -3.73. The molecule has 3 aromatic carbocycles. The number of ketones is 2. The summed E-state index contributed by atoms with van der Waals surface area (Å²) in [5.41, 5.74) is 1.60. The van der Waals surface area contributed by atoms with Gasteiger partial charge in [0.05, 0.1) is 0 Å². The Kier molecular flexibility index (Phi) is 5.97. The third-order valence-corrected chi connectivity index (χ3v) is 3.98. The Morgan fingerprint density at radius 2 is 1.36 bits per heavy atom. The van der Waals surface area contributed by atoms with Gasteiger partial charge in [0.2, 0.25) is 0 Å². The molecule has 5 heteroatoms. The second kappa shape index (κ2) is 8.77. The summed E-state index contributed by atoms with van der Waals surface area (Å²) in [4.78, 5) is 35.7. The number of Topliss-reactive ketones (excluding diaryl/α,β-unsaturated/α-hetero) is 1. The molecule has 0 aliphatic heterocycles. The summed E-state index contributed by atoms with van der Waals surface area (Å²) in [5.74, 6) is -0.0644. The third-order valence-electron chi connectivity index (χ3n) is 3.98. The van der Waals surface area contributed by atoms with E-state index in [1.807, 2.05) is 18.2 Å². The van der Waals surface area contributed by atoms with Crippen molar-refractivity contribution in [3.05, 3.63) is 95.6 Å². The highest BCUT2D eigenvalue weighted by Crippen LogP contribution is 2.17. The average Bonchev–Trinajstić information content (AvgIpc) is 2.73. The molecule has 3 rings (SSSR count). The Labute approximate surface area is 162 Å². The fourth-order valence-corrected chi connectivity index (χ4v) is 2.54. The summed E-state index contributed by atoms with van der Waals surface area (Å²) in [6.45, 7) is 1.15. The molecule has 0 amide bonds. The fourth-order valence-electron chi connectivity index (χ4n) is 2.54. The van der Waals surface area contributed by atoms with Crippen molar-refractivity contribution in [1.82, 2.24) is 0 Å². The molecule has 3 aromatic rings. The number of hydrogen-bond donors (Lipinski definition) is 0. The quantitative estimate of drug-likeness (QED) is 0.354. The van der Waals surface area contributed by atoms with E-state index < -0.39 is 5.97 Å². The van der Waals surface area contributed by atoms with Gasteiger partial charge >= 0.3 is 5.97 Å². The van der Waals surface area contributed by atoms with Crippen LogP contribution in [0.1, 0.15) is 33.2 Å². The minimum Gasteiger partial charge on any atom is -0.482 e. The molecule has 0 bridgehead atoms. The molecule has 0 aromatic heterocycles. The van der Waals surface area contributed by atoms with Gasteiger partial charge in [0.25, 0.3) is 0 Å². The van der Waals surface area contributed by atoms with Crippen LogP contribution in [0.4, 0.5) is 0 Å². The van der Waals surface area contributed by atoms with Crippen molar-refractivity contribution in [3.63, 3.8) is 0 Å². The normalized spacial score (nSPS) is 10.2. The van der Waals surface area contributed by atoms with Crippen molar-refractivity contribution in [2.75, 3.05) is 6.61 Å². The monoisotopic (exact) mass is 374 g/mol. The van der Waals surface area contributed by atoms with Crippen molar-refractivity contribution in [2.45, 2.75) is 6.92 Å². The van der Waals surface area contributed by atoms with Crippen molar-refractivity contribution in [3.8, 4) is 11.5 Å². The minimum atomic E-state index is -0.592. The van der Waals surface area contributed by atoms with Gasteiger partial charge in [-0.2, -0.15) is 0 Å². The lowest BCUT2D eigenvalue weighted by Gasteiger charge is -2.08.